The summed E-state index contributed by atoms with van der Waals surface area (Å²) in [4.78, 5) is 27.7. The van der Waals surface area contributed by atoms with Crippen LogP contribution in [0.15, 0.2) is 53.5 Å². The number of guanidine groups is 1. The van der Waals surface area contributed by atoms with Crippen LogP contribution >= 0.6 is 0 Å². The second kappa shape index (κ2) is 16.8. The van der Waals surface area contributed by atoms with Gasteiger partial charge in [0.15, 0.2) is 5.96 Å². The minimum Gasteiger partial charge on any atom is -0.344 e. The number of hydrogen-bond acceptors (Lipinski definition) is 3. The van der Waals surface area contributed by atoms with E-state index in [2.05, 4.69) is 21.7 Å². The van der Waals surface area contributed by atoms with Gasteiger partial charge in [0.05, 0.1) is 11.1 Å². The third-order valence-corrected chi connectivity index (χ3v) is 10.7. The zero-order chi connectivity index (χ0) is 35.9. The molecule has 1 saturated heterocycles. The quantitative estimate of drug-likeness (QED) is 0.150. The van der Waals surface area contributed by atoms with Crippen LogP contribution in [0.25, 0.3) is 0 Å². The summed E-state index contributed by atoms with van der Waals surface area (Å²) in [6.07, 6.45) is 2.33. The molecule has 1 amide bonds. The molecule has 276 valence electrons. The minimum atomic E-state index is -4.93. The van der Waals surface area contributed by atoms with E-state index >= 15 is 0 Å². The Hall–Kier alpha value is -3.28. The lowest BCUT2D eigenvalue weighted by molar-refractivity contribution is -0.143. The Morgan fingerprint density at radius 3 is 1.92 bits per heavy atom. The zero-order valence-corrected chi connectivity index (χ0v) is 29.3. The molecule has 0 radical (unpaired) electrons. The van der Waals surface area contributed by atoms with Gasteiger partial charge in [-0.1, -0.05) is 68.9 Å². The number of likely N-dealkylation sites (N-methyl/N-ethyl adjacent to an activating group) is 1. The van der Waals surface area contributed by atoms with Gasteiger partial charge in [0, 0.05) is 59.4 Å². The number of nitrogens with zero attached hydrogens (tertiary/aromatic N) is 5. The van der Waals surface area contributed by atoms with Gasteiger partial charge in [0.1, 0.15) is 6.04 Å². The standard InChI is InChI=1S/C38H51F6N5O/c1-46(19-18-29-24-31(37(39,40)41)26-32(25-29)38(42,43)44)35(50)34(30-14-8-4-9-15-30)48-20-22-49(23-21-48)36(45-27-28-12-6-3-7-13-28)47(2)33-16-10-5-11-17-33/h4,8-9,14-15,24-26,28,33-34H,3,5-7,10-13,16-23,27H2,1-2H3. The first-order valence-corrected chi connectivity index (χ1v) is 18.2. The third kappa shape index (κ3) is 9.94. The van der Waals surface area contributed by atoms with Crippen LogP contribution in [0.5, 0.6) is 0 Å². The van der Waals surface area contributed by atoms with Crippen molar-refractivity contribution in [2.45, 2.75) is 95.1 Å². The summed E-state index contributed by atoms with van der Waals surface area (Å²) in [5, 5.41) is 0. The van der Waals surface area contributed by atoms with Crippen LogP contribution < -0.4 is 0 Å². The van der Waals surface area contributed by atoms with Crippen LogP contribution in [0.1, 0.15) is 92.5 Å². The molecule has 5 rings (SSSR count). The number of alkyl halides is 6. The van der Waals surface area contributed by atoms with Gasteiger partial charge in [-0.3, -0.25) is 14.7 Å². The van der Waals surface area contributed by atoms with Crippen molar-refractivity contribution < 1.29 is 31.1 Å². The number of hydrogen-bond donors (Lipinski definition) is 0. The summed E-state index contributed by atoms with van der Waals surface area (Å²) in [6.45, 7) is 3.37. The van der Waals surface area contributed by atoms with E-state index in [-0.39, 0.29) is 30.5 Å². The Kier molecular flexibility index (Phi) is 12.8. The summed E-state index contributed by atoms with van der Waals surface area (Å²) in [5.74, 6) is 1.41. The van der Waals surface area contributed by atoms with Crippen molar-refractivity contribution in [2.24, 2.45) is 10.9 Å². The average molecular weight is 708 g/mol. The molecule has 0 spiro atoms. The van der Waals surface area contributed by atoms with Crippen molar-refractivity contribution in [3.63, 3.8) is 0 Å². The van der Waals surface area contributed by atoms with Crippen molar-refractivity contribution >= 4 is 11.9 Å². The van der Waals surface area contributed by atoms with Crippen LogP contribution in [0.2, 0.25) is 0 Å². The van der Waals surface area contributed by atoms with Gasteiger partial charge in [-0.2, -0.15) is 26.3 Å². The van der Waals surface area contributed by atoms with E-state index in [1.807, 2.05) is 30.3 Å². The maximum atomic E-state index is 14.1. The van der Waals surface area contributed by atoms with Crippen LogP contribution in [0.4, 0.5) is 26.3 Å². The molecule has 2 aromatic rings. The lowest BCUT2D eigenvalue weighted by Gasteiger charge is -2.44. The highest BCUT2D eigenvalue weighted by atomic mass is 19.4. The van der Waals surface area contributed by atoms with Crippen molar-refractivity contribution in [1.82, 2.24) is 19.6 Å². The first-order valence-electron chi connectivity index (χ1n) is 18.2. The molecule has 50 heavy (non-hydrogen) atoms. The molecule has 1 heterocycles. The maximum Gasteiger partial charge on any atom is 0.416 e. The molecule has 2 saturated carbocycles. The van der Waals surface area contributed by atoms with E-state index in [0.29, 0.717) is 38.1 Å². The van der Waals surface area contributed by atoms with Gasteiger partial charge in [0.2, 0.25) is 5.91 Å². The van der Waals surface area contributed by atoms with E-state index in [1.165, 1.54) is 56.3 Å². The van der Waals surface area contributed by atoms with E-state index in [0.717, 1.165) is 43.0 Å². The van der Waals surface area contributed by atoms with E-state index in [9.17, 15) is 31.1 Å². The number of aliphatic imine (C=N–C) groups is 1. The Labute approximate surface area is 292 Å². The van der Waals surface area contributed by atoms with Crippen molar-refractivity contribution in [1.29, 1.82) is 0 Å². The summed E-state index contributed by atoms with van der Waals surface area (Å²) in [5.41, 5.74) is -2.04. The van der Waals surface area contributed by atoms with Crippen LogP contribution in [0, 0.1) is 5.92 Å². The van der Waals surface area contributed by atoms with Gasteiger partial charge in [-0.05, 0) is 67.3 Å². The van der Waals surface area contributed by atoms with Crippen LogP contribution in [-0.4, -0.2) is 90.9 Å². The first kappa shape index (κ1) is 38.0. The SMILES string of the molecule is CN(CCc1cc(C(F)(F)F)cc(C(F)(F)F)c1)C(=O)C(c1ccccc1)N1CCN(C(=NCC2CCCCC2)N(C)C2CCCCC2)CC1. The van der Waals surface area contributed by atoms with Crippen molar-refractivity contribution in [3.8, 4) is 0 Å². The highest BCUT2D eigenvalue weighted by Gasteiger charge is 2.38. The number of amides is 1. The highest BCUT2D eigenvalue weighted by molar-refractivity contribution is 5.83. The lowest BCUT2D eigenvalue weighted by Crippen LogP contribution is -2.56. The number of halogens is 6. The van der Waals surface area contributed by atoms with Gasteiger partial charge >= 0.3 is 12.4 Å². The summed E-state index contributed by atoms with van der Waals surface area (Å²) < 4.78 is 80.7. The van der Waals surface area contributed by atoms with E-state index in [4.69, 9.17) is 4.99 Å². The average Bonchev–Trinajstić information content (AvgIpc) is 3.11. The van der Waals surface area contributed by atoms with E-state index < -0.39 is 29.5 Å². The van der Waals surface area contributed by atoms with Crippen LogP contribution in [0.3, 0.4) is 0 Å². The molecule has 6 nitrogen and oxygen atoms in total. The molecular weight excluding hydrogens is 656 g/mol. The molecule has 3 fully saturated rings. The second-order valence-corrected chi connectivity index (χ2v) is 14.3. The van der Waals surface area contributed by atoms with E-state index in [1.54, 1.807) is 7.05 Å². The smallest absolute Gasteiger partial charge is 0.344 e. The Balaban J connectivity index is 1.30. The Morgan fingerprint density at radius 1 is 0.800 bits per heavy atom. The summed E-state index contributed by atoms with van der Waals surface area (Å²) >= 11 is 0. The maximum absolute atomic E-state index is 14.1. The third-order valence-electron chi connectivity index (χ3n) is 10.7. The fourth-order valence-corrected chi connectivity index (χ4v) is 7.75. The Morgan fingerprint density at radius 2 is 1.36 bits per heavy atom. The molecule has 1 unspecified atom stereocenters. The molecule has 2 aliphatic carbocycles. The molecule has 12 heteroatoms. The fraction of sp³-hybridized carbons (Fsp3) is 0.632. The normalized spacial score (nSPS) is 19.8. The lowest BCUT2D eigenvalue weighted by atomic mass is 9.89. The summed E-state index contributed by atoms with van der Waals surface area (Å²) in [6, 6.07) is 10.8. The molecule has 0 bridgehead atoms. The molecular formula is C38H51F6N5O. The Bertz CT molecular complexity index is 1380. The zero-order valence-electron chi connectivity index (χ0n) is 29.3. The van der Waals surface area contributed by atoms with Gasteiger partial charge in [-0.15, -0.1) is 0 Å². The number of rotatable bonds is 9. The van der Waals surface area contributed by atoms with Crippen molar-refractivity contribution in [2.75, 3.05) is 53.4 Å². The molecule has 0 aromatic heterocycles. The predicted molar refractivity (Wildman–Crippen MR) is 184 cm³/mol. The highest BCUT2D eigenvalue weighted by Crippen LogP contribution is 2.37. The predicted octanol–water partition coefficient (Wildman–Crippen LogP) is 8.28. The summed E-state index contributed by atoms with van der Waals surface area (Å²) in [7, 11) is 3.73. The van der Waals surface area contributed by atoms with Crippen molar-refractivity contribution in [3.05, 3.63) is 70.8 Å². The molecule has 2 aromatic carbocycles. The largest absolute Gasteiger partial charge is 0.416 e. The molecule has 1 atom stereocenters. The van der Waals surface area contributed by atoms with Gasteiger partial charge in [-0.25, -0.2) is 0 Å². The van der Waals surface area contributed by atoms with Gasteiger partial charge < -0.3 is 14.7 Å². The fourth-order valence-electron chi connectivity index (χ4n) is 7.75. The molecule has 1 aliphatic heterocycles. The minimum absolute atomic E-state index is 0.0368. The second-order valence-electron chi connectivity index (χ2n) is 14.3. The number of piperazine rings is 1. The topological polar surface area (TPSA) is 42.4 Å². The van der Waals surface area contributed by atoms with Crippen LogP contribution in [-0.2, 0) is 23.6 Å². The monoisotopic (exact) mass is 707 g/mol. The number of carbonyl (C=O) groups is 1. The first-order chi connectivity index (χ1) is 23.8. The number of benzene rings is 2. The molecule has 3 aliphatic rings. The van der Waals surface area contributed by atoms with Gasteiger partial charge in [0.25, 0.3) is 0 Å². The number of carbonyl (C=O) groups excluding carboxylic acids is 1. The molecule has 0 N–H and O–H groups in total.